The van der Waals surface area contributed by atoms with E-state index in [0.29, 0.717) is 0 Å². The third kappa shape index (κ3) is 2.98. The van der Waals surface area contributed by atoms with E-state index in [2.05, 4.69) is 42.8 Å². The summed E-state index contributed by atoms with van der Waals surface area (Å²) < 4.78 is 0.257. The van der Waals surface area contributed by atoms with Gasteiger partial charge >= 0.3 is 0 Å². The largest absolute Gasteiger partial charge is 0.0811 e. The first-order valence-electron chi connectivity index (χ1n) is 4.37. The summed E-state index contributed by atoms with van der Waals surface area (Å²) in [5.74, 6) is 0.855. The maximum atomic E-state index is 3.75. The SMILES string of the molecule is CC1=CC(C)(Br)CC(C)CC1. The third-order valence-electron chi connectivity index (χ3n) is 2.33. The molecule has 1 rings (SSSR count). The summed E-state index contributed by atoms with van der Waals surface area (Å²) in [7, 11) is 0. The molecule has 0 aromatic rings. The zero-order chi connectivity index (χ0) is 8.48. The van der Waals surface area contributed by atoms with Crippen molar-refractivity contribution in [3.05, 3.63) is 11.6 Å². The smallest absolute Gasteiger partial charge is 0.0413 e. The Balaban J connectivity index is 2.72. The van der Waals surface area contributed by atoms with Crippen LogP contribution in [0, 0.1) is 5.92 Å². The fourth-order valence-electron chi connectivity index (χ4n) is 1.90. The average molecular weight is 217 g/mol. The van der Waals surface area contributed by atoms with Gasteiger partial charge in [0.2, 0.25) is 0 Å². The van der Waals surface area contributed by atoms with Gasteiger partial charge in [-0.3, -0.25) is 0 Å². The van der Waals surface area contributed by atoms with Gasteiger partial charge in [0.1, 0.15) is 0 Å². The molecule has 0 fully saturated rings. The van der Waals surface area contributed by atoms with Crippen molar-refractivity contribution in [2.24, 2.45) is 5.92 Å². The molecule has 0 bridgehead atoms. The molecule has 0 saturated heterocycles. The molecule has 11 heavy (non-hydrogen) atoms. The summed E-state index contributed by atoms with van der Waals surface area (Å²) in [4.78, 5) is 0. The van der Waals surface area contributed by atoms with Gasteiger partial charge in [-0.2, -0.15) is 0 Å². The molecule has 1 heteroatoms. The van der Waals surface area contributed by atoms with Crippen LogP contribution in [0.25, 0.3) is 0 Å². The van der Waals surface area contributed by atoms with Crippen LogP contribution < -0.4 is 0 Å². The number of hydrogen-bond donors (Lipinski definition) is 0. The summed E-state index contributed by atoms with van der Waals surface area (Å²) in [6.45, 7) is 6.84. The summed E-state index contributed by atoms with van der Waals surface area (Å²) in [5, 5.41) is 0. The minimum Gasteiger partial charge on any atom is -0.0811 e. The summed E-state index contributed by atoms with van der Waals surface area (Å²) in [6, 6.07) is 0. The fourth-order valence-corrected chi connectivity index (χ4v) is 2.85. The highest BCUT2D eigenvalue weighted by atomic mass is 79.9. The molecule has 2 atom stereocenters. The molecule has 0 N–H and O–H groups in total. The minimum absolute atomic E-state index is 0.257. The van der Waals surface area contributed by atoms with E-state index in [1.807, 2.05) is 0 Å². The van der Waals surface area contributed by atoms with Gasteiger partial charge in [0.15, 0.2) is 0 Å². The lowest BCUT2D eigenvalue weighted by atomic mass is 9.97. The van der Waals surface area contributed by atoms with Crippen LogP contribution in [0.5, 0.6) is 0 Å². The van der Waals surface area contributed by atoms with Gasteiger partial charge < -0.3 is 0 Å². The van der Waals surface area contributed by atoms with E-state index in [9.17, 15) is 0 Å². The normalized spacial score (nSPS) is 39.6. The standard InChI is InChI=1S/C10H17Br/c1-8-4-5-9(2)7-10(3,11)6-8/h6,9H,4-5,7H2,1-3H3. The Morgan fingerprint density at radius 2 is 2.27 bits per heavy atom. The fraction of sp³-hybridized carbons (Fsp3) is 0.800. The van der Waals surface area contributed by atoms with Crippen molar-refractivity contribution in [3.63, 3.8) is 0 Å². The van der Waals surface area contributed by atoms with Crippen LogP contribution in [-0.4, -0.2) is 4.32 Å². The predicted molar refractivity (Wildman–Crippen MR) is 54.1 cm³/mol. The van der Waals surface area contributed by atoms with Crippen LogP contribution in [0.15, 0.2) is 11.6 Å². The highest BCUT2D eigenvalue weighted by Crippen LogP contribution is 2.34. The molecule has 0 amide bonds. The minimum atomic E-state index is 0.257. The van der Waals surface area contributed by atoms with E-state index >= 15 is 0 Å². The van der Waals surface area contributed by atoms with Crippen LogP contribution in [0.2, 0.25) is 0 Å². The first kappa shape index (κ1) is 9.31. The van der Waals surface area contributed by atoms with Gasteiger partial charge in [-0.15, -0.1) is 0 Å². The second-order valence-electron chi connectivity index (χ2n) is 4.12. The van der Waals surface area contributed by atoms with Gasteiger partial charge in [0.25, 0.3) is 0 Å². The number of hydrogen-bond acceptors (Lipinski definition) is 0. The van der Waals surface area contributed by atoms with Crippen molar-refractivity contribution < 1.29 is 0 Å². The van der Waals surface area contributed by atoms with Crippen LogP contribution in [-0.2, 0) is 0 Å². The summed E-state index contributed by atoms with van der Waals surface area (Å²) in [5.41, 5.74) is 1.54. The molecule has 0 aromatic carbocycles. The molecule has 0 radical (unpaired) electrons. The lowest BCUT2D eigenvalue weighted by molar-refractivity contribution is 0.478. The van der Waals surface area contributed by atoms with Crippen LogP contribution >= 0.6 is 15.9 Å². The van der Waals surface area contributed by atoms with E-state index in [1.165, 1.54) is 24.8 Å². The second kappa shape index (κ2) is 3.30. The topological polar surface area (TPSA) is 0 Å². The Morgan fingerprint density at radius 1 is 1.64 bits per heavy atom. The molecule has 0 aliphatic heterocycles. The monoisotopic (exact) mass is 216 g/mol. The molecule has 0 spiro atoms. The van der Waals surface area contributed by atoms with E-state index in [1.54, 1.807) is 0 Å². The number of rotatable bonds is 0. The van der Waals surface area contributed by atoms with Crippen molar-refractivity contribution in [2.75, 3.05) is 0 Å². The quantitative estimate of drug-likeness (QED) is 0.426. The third-order valence-corrected chi connectivity index (χ3v) is 2.88. The first-order valence-corrected chi connectivity index (χ1v) is 5.16. The van der Waals surface area contributed by atoms with Gasteiger partial charge in [0, 0.05) is 4.32 Å². The maximum Gasteiger partial charge on any atom is 0.0413 e. The van der Waals surface area contributed by atoms with Gasteiger partial charge in [0.05, 0.1) is 0 Å². The highest BCUT2D eigenvalue weighted by Gasteiger charge is 2.23. The van der Waals surface area contributed by atoms with Crippen LogP contribution in [0.1, 0.15) is 40.0 Å². The number of allylic oxidation sites excluding steroid dienone is 2. The van der Waals surface area contributed by atoms with Crippen molar-refractivity contribution >= 4 is 15.9 Å². The zero-order valence-electron chi connectivity index (χ0n) is 7.65. The molecule has 64 valence electrons. The van der Waals surface area contributed by atoms with Crippen molar-refractivity contribution in [1.82, 2.24) is 0 Å². The Labute approximate surface area is 78.2 Å². The Kier molecular flexibility index (Phi) is 2.79. The first-order chi connectivity index (χ1) is 4.99. The van der Waals surface area contributed by atoms with Gasteiger partial charge in [-0.05, 0) is 39.0 Å². The number of alkyl halides is 1. The van der Waals surface area contributed by atoms with E-state index < -0.39 is 0 Å². The van der Waals surface area contributed by atoms with Crippen LogP contribution in [0.3, 0.4) is 0 Å². The Hall–Kier alpha value is 0.220. The molecule has 0 nitrogen and oxygen atoms in total. The van der Waals surface area contributed by atoms with Crippen molar-refractivity contribution in [3.8, 4) is 0 Å². The molecule has 0 saturated carbocycles. The molecule has 2 unspecified atom stereocenters. The molecular weight excluding hydrogens is 200 g/mol. The van der Waals surface area contributed by atoms with Crippen molar-refractivity contribution in [1.29, 1.82) is 0 Å². The zero-order valence-corrected chi connectivity index (χ0v) is 9.24. The second-order valence-corrected chi connectivity index (χ2v) is 5.93. The predicted octanol–water partition coefficient (Wildman–Crippen LogP) is 3.91. The van der Waals surface area contributed by atoms with Gasteiger partial charge in [-0.25, -0.2) is 0 Å². The molecule has 1 aliphatic carbocycles. The maximum absolute atomic E-state index is 3.75. The lowest BCUT2D eigenvalue weighted by Gasteiger charge is -2.19. The Morgan fingerprint density at radius 3 is 2.91 bits per heavy atom. The lowest BCUT2D eigenvalue weighted by Crippen LogP contribution is -2.14. The summed E-state index contributed by atoms with van der Waals surface area (Å²) >= 11 is 3.75. The molecule has 0 heterocycles. The van der Waals surface area contributed by atoms with Crippen LogP contribution in [0.4, 0.5) is 0 Å². The Bertz CT molecular complexity index is 168. The number of halogens is 1. The van der Waals surface area contributed by atoms with E-state index in [4.69, 9.17) is 0 Å². The van der Waals surface area contributed by atoms with E-state index in [0.717, 1.165) is 5.92 Å². The summed E-state index contributed by atoms with van der Waals surface area (Å²) in [6.07, 6.45) is 6.27. The molecular formula is C10H17Br. The highest BCUT2D eigenvalue weighted by molar-refractivity contribution is 9.10. The van der Waals surface area contributed by atoms with Crippen molar-refractivity contribution in [2.45, 2.75) is 44.4 Å². The average Bonchev–Trinajstić information content (AvgIpc) is 1.89. The molecule has 0 aromatic heterocycles. The molecule has 1 aliphatic rings. The van der Waals surface area contributed by atoms with E-state index in [-0.39, 0.29) is 4.32 Å². The van der Waals surface area contributed by atoms with Gasteiger partial charge in [-0.1, -0.05) is 34.5 Å².